The molecular weight excluding hydrogens is 207 g/mol. The second kappa shape index (κ2) is 5.58. The van der Waals surface area contributed by atoms with Crippen molar-refractivity contribution < 1.29 is 9.13 Å². The topological polar surface area (TPSA) is 47.3 Å². The summed E-state index contributed by atoms with van der Waals surface area (Å²) in [6.45, 7) is 6.37. The quantitative estimate of drug-likeness (QED) is 0.759. The molecule has 4 heteroatoms. The van der Waals surface area contributed by atoms with Gasteiger partial charge in [-0.1, -0.05) is 6.92 Å². The Labute approximate surface area is 95.8 Å². The lowest BCUT2D eigenvalue weighted by atomic mass is 10.2. The van der Waals surface area contributed by atoms with Crippen molar-refractivity contribution in [1.29, 1.82) is 0 Å². The van der Waals surface area contributed by atoms with Gasteiger partial charge >= 0.3 is 0 Å². The Kier molecular flexibility index (Phi) is 4.40. The zero-order valence-corrected chi connectivity index (χ0v) is 10.0. The summed E-state index contributed by atoms with van der Waals surface area (Å²) in [6.07, 6.45) is 0.973. The van der Waals surface area contributed by atoms with Crippen LogP contribution in [0.5, 0.6) is 5.75 Å². The minimum absolute atomic E-state index is 0.238. The van der Waals surface area contributed by atoms with Crippen LogP contribution in [0.4, 0.5) is 15.8 Å². The number of hydrogen-bond acceptors (Lipinski definition) is 3. The molecule has 0 aliphatic heterocycles. The van der Waals surface area contributed by atoms with Gasteiger partial charge in [0.25, 0.3) is 0 Å². The normalized spacial score (nSPS) is 12.2. The van der Waals surface area contributed by atoms with Crippen LogP contribution in [0.15, 0.2) is 12.1 Å². The number of nitrogens with one attached hydrogen (secondary N) is 1. The maximum Gasteiger partial charge on any atom is 0.167 e. The minimum Gasteiger partial charge on any atom is -0.491 e. The van der Waals surface area contributed by atoms with Crippen molar-refractivity contribution in [1.82, 2.24) is 0 Å². The van der Waals surface area contributed by atoms with E-state index in [0.29, 0.717) is 18.3 Å². The molecule has 0 aliphatic rings. The summed E-state index contributed by atoms with van der Waals surface area (Å²) < 4.78 is 18.6. The predicted molar refractivity (Wildman–Crippen MR) is 65.4 cm³/mol. The van der Waals surface area contributed by atoms with E-state index in [4.69, 9.17) is 10.5 Å². The molecule has 1 unspecified atom stereocenters. The first-order valence-corrected chi connectivity index (χ1v) is 5.56. The molecule has 3 nitrogen and oxygen atoms in total. The highest BCUT2D eigenvalue weighted by molar-refractivity contribution is 5.68. The Morgan fingerprint density at radius 1 is 1.44 bits per heavy atom. The highest BCUT2D eigenvalue weighted by Crippen LogP contribution is 2.28. The Morgan fingerprint density at radius 3 is 2.69 bits per heavy atom. The van der Waals surface area contributed by atoms with Crippen LogP contribution in [0.25, 0.3) is 0 Å². The van der Waals surface area contributed by atoms with Gasteiger partial charge in [0.15, 0.2) is 11.6 Å². The van der Waals surface area contributed by atoms with Crippen molar-refractivity contribution in [2.75, 3.05) is 17.7 Å². The van der Waals surface area contributed by atoms with Crippen molar-refractivity contribution in [2.45, 2.75) is 33.2 Å². The van der Waals surface area contributed by atoms with E-state index < -0.39 is 5.82 Å². The van der Waals surface area contributed by atoms with Crippen LogP contribution < -0.4 is 15.8 Å². The molecule has 0 fully saturated rings. The lowest BCUT2D eigenvalue weighted by Gasteiger charge is -2.16. The second-order valence-corrected chi connectivity index (χ2v) is 3.76. The SMILES string of the molecule is CCOc1cc(NC(C)CC)c(N)cc1F. The summed E-state index contributed by atoms with van der Waals surface area (Å²) in [5.41, 5.74) is 6.86. The molecule has 1 aromatic carbocycles. The molecule has 0 amide bonds. The third-order valence-corrected chi connectivity index (χ3v) is 2.42. The molecule has 0 saturated heterocycles. The smallest absolute Gasteiger partial charge is 0.167 e. The summed E-state index contributed by atoms with van der Waals surface area (Å²) in [4.78, 5) is 0. The zero-order chi connectivity index (χ0) is 12.1. The number of nitrogen functional groups attached to an aromatic ring is 1. The van der Waals surface area contributed by atoms with Gasteiger partial charge < -0.3 is 15.8 Å². The number of nitrogens with two attached hydrogens (primary N) is 1. The maximum absolute atomic E-state index is 13.4. The molecule has 0 bridgehead atoms. The summed E-state index contributed by atoms with van der Waals surface area (Å²) in [5.74, 6) is -0.184. The predicted octanol–water partition coefficient (Wildman–Crippen LogP) is 3.02. The highest BCUT2D eigenvalue weighted by Gasteiger charge is 2.10. The summed E-state index contributed by atoms with van der Waals surface area (Å²) in [5, 5.41) is 3.21. The van der Waals surface area contributed by atoms with Gasteiger partial charge in [0.05, 0.1) is 18.0 Å². The minimum atomic E-state index is -0.422. The second-order valence-electron chi connectivity index (χ2n) is 3.76. The Morgan fingerprint density at radius 2 is 2.12 bits per heavy atom. The summed E-state index contributed by atoms with van der Waals surface area (Å²) in [7, 11) is 0. The number of anilines is 2. The third kappa shape index (κ3) is 3.02. The van der Waals surface area contributed by atoms with Gasteiger partial charge in [0, 0.05) is 18.2 Å². The molecule has 0 radical (unpaired) electrons. The van der Waals surface area contributed by atoms with Crippen LogP contribution in [0, 0.1) is 5.82 Å². The number of halogens is 1. The van der Waals surface area contributed by atoms with E-state index in [0.717, 1.165) is 12.1 Å². The molecule has 0 spiro atoms. The van der Waals surface area contributed by atoms with E-state index in [2.05, 4.69) is 12.2 Å². The van der Waals surface area contributed by atoms with Gasteiger partial charge in [-0.15, -0.1) is 0 Å². The molecule has 90 valence electrons. The average molecular weight is 226 g/mol. The van der Waals surface area contributed by atoms with Gasteiger partial charge in [0.1, 0.15) is 0 Å². The van der Waals surface area contributed by atoms with Crippen molar-refractivity contribution >= 4 is 11.4 Å². The fourth-order valence-corrected chi connectivity index (χ4v) is 1.33. The summed E-state index contributed by atoms with van der Waals surface area (Å²) in [6, 6.07) is 3.19. The first-order valence-electron chi connectivity index (χ1n) is 5.56. The Bertz CT molecular complexity index is 355. The third-order valence-electron chi connectivity index (χ3n) is 2.42. The van der Waals surface area contributed by atoms with Crippen molar-refractivity contribution in [3.8, 4) is 5.75 Å². The van der Waals surface area contributed by atoms with E-state index >= 15 is 0 Å². The zero-order valence-electron chi connectivity index (χ0n) is 10.0. The molecule has 1 rings (SSSR count). The van der Waals surface area contributed by atoms with E-state index in [1.54, 1.807) is 6.07 Å². The van der Waals surface area contributed by atoms with Gasteiger partial charge in [-0.3, -0.25) is 0 Å². The number of hydrogen-bond donors (Lipinski definition) is 2. The number of benzene rings is 1. The monoisotopic (exact) mass is 226 g/mol. The fraction of sp³-hybridized carbons (Fsp3) is 0.500. The van der Waals surface area contributed by atoms with Gasteiger partial charge in [-0.25, -0.2) is 4.39 Å². The van der Waals surface area contributed by atoms with Crippen LogP contribution in [0.2, 0.25) is 0 Å². The maximum atomic E-state index is 13.4. The first-order chi connectivity index (χ1) is 7.58. The van der Waals surface area contributed by atoms with Crippen LogP contribution in [0.3, 0.4) is 0 Å². The van der Waals surface area contributed by atoms with Crippen LogP contribution >= 0.6 is 0 Å². The molecule has 1 atom stereocenters. The van der Waals surface area contributed by atoms with Gasteiger partial charge in [-0.2, -0.15) is 0 Å². The van der Waals surface area contributed by atoms with Gasteiger partial charge in [0.2, 0.25) is 0 Å². The van der Waals surface area contributed by atoms with E-state index in [1.807, 2.05) is 13.8 Å². The van der Waals surface area contributed by atoms with Crippen molar-refractivity contribution in [3.05, 3.63) is 17.9 Å². The molecule has 1 aromatic rings. The molecule has 0 aromatic heterocycles. The first kappa shape index (κ1) is 12.6. The fourth-order valence-electron chi connectivity index (χ4n) is 1.33. The van der Waals surface area contributed by atoms with E-state index in [-0.39, 0.29) is 5.75 Å². The van der Waals surface area contributed by atoms with E-state index in [1.165, 1.54) is 6.07 Å². The molecule has 0 heterocycles. The van der Waals surface area contributed by atoms with Crippen LogP contribution in [-0.4, -0.2) is 12.6 Å². The van der Waals surface area contributed by atoms with E-state index in [9.17, 15) is 4.39 Å². The standard InChI is InChI=1S/C12H19FN2O/c1-4-8(3)15-11-7-12(16-5-2)9(13)6-10(11)14/h6-8,15H,4-5,14H2,1-3H3. The lowest BCUT2D eigenvalue weighted by molar-refractivity contribution is 0.322. The summed E-state index contributed by atoms with van der Waals surface area (Å²) >= 11 is 0. The molecule has 3 N–H and O–H groups in total. The highest BCUT2D eigenvalue weighted by atomic mass is 19.1. The molecular formula is C12H19FN2O. The van der Waals surface area contributed by atoms with Crippen LogP contribution in [0.1, 0.15) is 27.2 Å². The Balaban J connectivity index is 2.95. The largest absolute Gasteiger partial charge is 0.491 e. The lowest BCUT2D eigenvalue weighted by Crippen LogP contribution is -2.15. The van der Waals surface area contributed by atoms with Crippen molar-refractivity contribution in [3.63, 3.8) is 0 Å². The van der Waals surface area contributed by atoms with Crippen LogP contribution in [-0.2, 0) is 0 Å². The molecule has 0 saturated carbocycles. The van der Waals surface area contributed by atoms with Gasteiger partial charge in [-0.05, 0) is 20.3 Å². The number of ether oxygens (including phenoxy) is 1. The molecule has 0 aliphatic carbocycles. The molecule has 16 heavy (non-hydrogen) atoms. The Hall–Kier alpha value is -1.45. The van der Waals surface area contributed by atoms with Crippen molar-refractivity contribution in [2.24, 2.45) is 0 Å². The average Bonchev–Trinajstić information content (AvgIpc) is 2.25. The number of rotatable bonds is 5.